The fraction of sp³-hybridized carbons (Fsp3) is 0.435. The fourth-order valence-electron chi connectivity index (χ4n) is 5.33. The van der Waals surface area contributed by atoms with Gasteiger partial charge >= 0.3 is 0 Å². The Bertz CT molecular complexity index is 892. The Morgan fingerprint density at radius 2 is 1.75 bits per heavy atom. The lowest BCUT2D eigenvalue weighted by molar-refractivity contribution is -0.140. The number of benzene rings is 2. The smallest absolute Gasteiger partial charge is 0.244 e. The molecule has 2 aromatic carbocycles. The zero-order valence-corrected chi connectivity index (χ0v) is 17.8. The Hall–Kier alpha value is -1.69. The predicted octanol–water partition coefficient (Wildman–Crippen LogP) is 4.14. The molecule has 3 heterocycles. The van der Waals surface area contributed by atoms with Crippen molar-refractivity contribution in [3.8, 4) is 0 Å². The van der Waals surface area contributed by atoms with E-state index in [4.69, 9.17) is 4.74 Å². The van der Waals surface area contributed by atoms with Gasteiger partial charge in [-0.25, -0.2) is 0 Å². The number of nitrogens with zero attached hydrogens (tertiary/aromatic N) is 2. The maximum atomic E-state index is 13.7. The normalized spacial score (nSPS) is 35.8. The van der Waals surface area contributed by atoms with Crippen LogP contribution in [-0.4, -0.2) is 45.5 Å². The molecule has 0 aromatic heterocycles. The first-order chi connectivity index (χ1) is 13.4. The zero-order chi connectivity index (χ0) is 19.5. The summed E-state index contributed by atoms with van der Waals surface area (Å²) in [7, 11) is 0. The van der Waals surface area contributed by atoms with Gasteiger partial charge < -0.3 is 9.64 Å². The topological polar surface area (TPSA) is 32.8 Å². The summed E-state index contributed by atoms with van der Waals surface area (Å²) in [5.41, 5.74) is 1.85. The standard InChI is InChI=1S/C23H25BrN2O2/c1-16(17-9-5-3-6-10-17)25-13-20-22(2)26(21(27)23(20,24)15-25)19(14-28-22)18-11-7-4-8-12-18/h3-12,16,19-20H,13-15H2,1-2H3/t16-,19-,20-,22-,23+/m1/s1. The molecule has 1 amide bonds. The van der Waals surface area contributed by atoms with Gasteiger partial charge in [0.2, 0.25) is 5.91 Å². The molecule has 5 heteroatoms. The summed E-state index contributed by atoms with van der Waals surface area (Å²) >= 11 is 3.90. The lowest BCUT2D eigenvalue weighted by Crippen LogP contribution is -2.46. The van der Waals surface area contributed by atoms with Crippen LogP contribution in [0.4, 0.5) is 0 Å². The first kappa shape index (κ1) is 18.3. The van der Waals surface area contributed by atoms with Crippen molar-refractivity contribution >= 4 is 21.8 Å². The Morgan fingerprint density at radius 3 is 2.43 bits per heavy atom. The van der Waals surface area contributed by atoms with Crippen molar-refractivity contribution in [1.29, 1.82) is 0 Å². The zero-order valence-electron chi connectivity index (χ0n) is 16.2. The van der Waals surface area contributed by atoms with Gasteiger partial charge in [0.15, 0.2) is 0 Å². The van der Waals surface area contributed by atoms with E-state index in [2.05, 4.69) is 71.1 Å². The highest BCUT2D eigenvalue weighted by atomic mass is 79.9. The molecule has 3 saturated heterocycles. The maximum Gasteiger partial charge on any atom is 0.244 e. The number of ether oxygens (including phenoxy) is 1. The van der Waals surface area contributed by atoms with Crippen LogP contribution in [-0.2, 0) is 9.53 Å². The molecule has 4 nitrogen and oxygen atoms in total. The summed E-state index contributed by atoms with van der Waals surface area (Å²) in [6.07, 6.45) is 0. The molecule has 0 saturated carbocycles. The number of hydrogen-bond donors (Lipinski definition) is 0. The summed E-state index contributed by atoms with van der Waals surface area (Å²) in [4.78, 5) is 18.1. The largest absolute Gasteiger partial charge is 0.353 e. The third-order valence-corrected chi connectivity index (χ3v) is 8.10. The van der Waals surface area contributed by atoms with E-state index in [0.29, 0.717) is 13.2 Å². The number of carbonyl (C=O) groups is 1. The van der Waals surface area contributed by atoms with Gasteiger partial charge in [0.05, 0.1) is 12.6 Å². The molecule has 0 unspecified atom stereocenters. The van der Waals surface area contributed by atoms with Crippen LogP contribution in [0, 0.1) is 5.92 Å². The van der Waals surface area contributed by atoms with E-state index < -0.39 is 10.0 Å². The van der Waals surface area contributed by atoms with Crippen LogP contribution in [0.2, 0.25) is 0 Å². The van der Waals surface area contributed by atoms with E-state index in [-0.39, 0.29) is 23.9 Å². The lowest BCUT2D eigenvalue weighted by Gasteiger charge is -2.35. The van der Waals surface area contributed by atoms with Gasteiger partial charge in [0.1, 0.15) is 10.0 Å². The van der Waals surface area contributed by atoms with E-state index in [1.807, 2.05) is 29.2 Å². The van der Waals surface area contributed by atoms with E-state index in [9.17, 15) is 4.79 Å². The minimum Gasteiger partial charge on any atom is -0.353 e. The Morgan fingerprint density at radius 1 is 1.11 bits per heavy atom. The average molecular weight is 441 g/mol. The Labute approximate surface area is 174 Å². The molecule has 0 bridgehead atoms. The van der Waals surface area contributed by atoms with Crippen LogP contribution >= 0.6 is 15.9 Å². The van der Waals surface area contributed by atoms with Gasteiger partial charge in [-0.3, -0.25) is 9.69 Å². The van der Waals surface area contributed by atoms with Crippen LogP contribution in [0.3, 0.4) is 0 Å². The number of rotatable bonds is 3. The fourth-order valence-corrected chi connectivity index (χ4v) is 6.41. The van der Waals surface area contributed by atoms with Crippen molar-refractivity contribution in [3.05, 3.63) is 71.8 Å². The first-order valence-electron chi connectivity index (χ1n) is 9.96. The number of amides is 1. The highest BCUT2D eigenvalue weighted by Crippen LogP contribution is 2.58. The van der Waals surface area contributed by atoms with E-state index in [1.54, 1.807) is 0 Å². The highest BCUT2D eigenvalue weighted by molar-refractivity contribution is 9.10. The van der Waals surface area contributed by atoms with Crippen LogP contribution in [0.25, 0.3) is 0 Å². The maximum absolute atomic E-state index is 13.7. The summed E-state index contributed by atoms with van der Waals surface area (Å²) in [6.45, 7) is 6.41. The van der Waals surface area contributed by atoms with E-state index in [0.717, 1.165) is 12.1 Å². The Kier molecular flexibility index (Phi) is 4.20. The molecule has 0 spiro atoms. The number of likely N-dealkylation sites (tertiary alicyclic amines) is 1. The van der Waals surface area contributed by atoms with Crippen molar-refractivity contribution in [2.45, 2.75) is 36.0 Å². The van der Waals surface area contributed by atoms with Gasteiger partial charge in [0.25, 0.3) is 0 Å². The summed E-state index contributed by atoms with van der Waals surface area (Å²) < 4.78 is 5.78. The molecule has 3 aliphatic heterocycles. The molecule has 3 fully saturated rings. The van der Waals surface area contributed by atoms with Crippen LogP contribution in [0.1, 0.15) is 37.1 Å². The van der Waals surface area contributed by atoms with E-state index >= 15 is 0 Å². The molecule has 0 aliphatic carbocycles. The molecular formula is C23H25BrN2O2. The minimum absolute atomic E-state index is 0.0151. The summed E-state index contributed by atoms with van der Waals surface area (Å²) in [5, 5.41) is 0. The van der Waals surface area contributed by atoms with Crippen molar-refractivity contribution < 1.29 is 9.53 Å². The SMILES string of the molecule is C[C@H](c1ccccc1)N1C[C@H]2[C@@](Br)(C1)C(=O)N1[C@@H](c3ccccc3)CO[C@]21C. The molecule has 5 rings (SSSR count). The molecule has 2 aromatic rings. The quantitative estimate of drug-likeness (QED) is 0.672. The lowest BCUT2D eigenvalue weighted by atomic mass is 9.91. The number of alkyl halides is 1. The number of carbonyl (C=O) groups excluding carboxylic acids is 1. The monoisotopic (exact) mass is 440 g/mol. The molecule has 3 aliphatic rings. The molecule has 5 atom stereocenters. The van der Waals surface area contributed by atoms with Crippen molar-refractivity contribution in [1.82, 2.24) is 9.80 Å². The van der Waals surface area contributed by atoms with Crippen LogP contribution < -0.4 is 0 Å². The highest BCUT2D eigenvalue weighted by Gasteiger charge is 2.71. The second kappa shape index (κ2) is 6.41. The van der Waals surface area contributed by atoms with Gasteiger partial charge in [-0.05, 0) is 25.0 Å². The summed E-state index contributed by atoms with van der Waals surface area (Å²) in [6, 6.07) is 21.0. The number of fused-ring (bicyclic) bond motifs is 3. The average Bonchev–Trinajstić information content (AvgIpc) is 3.31. The van der Waals surface area contributed by atoms with Crippen molar-refractivity contribution in [3.63, 3.8) is 0 Å². The summed E-state index contributed by atoms with van der Waals surface area (Å²) in [5.74, 6) is 0.251. The minimum atomic E-state index is -0.585. The van der Waals surface area contributed by atoms with Gasteiger partial charge in [-0.2, -0.15) is 0 Å². The molecule has 0 radical (unpaired) electrons. The molecule has 0 N–H and O–H groups in total. The number of halogens is 1. The number of hydrogen-bond acceptors (Lipinski definition) is 3. The van der Waals surface area contributed by atoms with Crippen LogP contribution in [0.15, 0.2) is 60.7 Å². The second-order valence-electron chi connectivity index (χ2n) is 8.40. The molecular weight excluding hydrogens is 416 g/mol. The molecule has 28 heavy (non-hydrogen) atoms. The second-order valence-corrected chi connectivity index (χ2v) is 9.81. The van der Waals surface area contributed by atoms with Gasteiger partial charge in [0, 0.05) is 25.0 Å². The first-order valence-corrected chi connectivity index (χ1v) is 10.7. The Balaban J connectivity index is 1.45. The molecule has 146 valence electrons. The van der Waals surface area contributed by atoms with Crippen LogP contribution in [0.5, 0.6) is 0 Å². The van der Waals surface area contributed by atoms with Crippen molar-refractivity contribution in [2.75, 3.05) is 19.7 Å². The van der Waals surface area contributed by atoms with Gasteiger partial charge in [-0.15, -0.1) is 0 Å². The van der Waals surface area contributed by atoms with E-state index in [1.165, 1.54) is 5.56 Å². The van der Waals surface area contributed by atoms with Gasteiger partial charge in [-0.1, -0.05) is 76.6 Å². The van der Waals surface area contributed by atoms with Crippen molar-refractivity contribution in [2.24, 2.45) is 5.92 Å². The third kappa shape index (κ3) is 2.46. The third-order valence-electron chi connectivity index (χ3n) is 6.96. The predicted molar refractivity (Wildman–Crippen MR) is 112 cm³/mol.